The fourth-order valence-electron chi connectivity index (χ4n) is 3.98. The monoisotopic (exact) mass is 626 g/mol. The number of carbonyl (C=O) groups excluding carboxylic acids is 1. The summed E-state index contributed by atoms with van der Waals surface area (Å²) in [4.78, 5) is 33.4. The average Bonchev–Trinajstić information content (AvgIpc) is 3.30. The predicted molar refractivity (Wildman–Crippen MR) is 137 cm³/mol. The number of amides is 1. The van der Waals surface area contributed by atoms with Gasteiger partial charge in [-0.25, -0.2) is 5.01 Å². The smallest absolute Gasteiger partial charge is 0.416 e. The van der Waals surface area contributed by atoms with Crippen molar-refractivity contribution in [2.45, 2.75) is 25.6 Å². The maximum atomic E-state index is 13.3. The summed E-state index contributed by atoms with van der Waals surface area (Å²) < 4.78 is 46.4. The molecule has 1 atom stereocenters. The van der Waals surface area contributed by atoms with Crippen LogP contribution in [0.1, 0.15) is 36.1 Å². The second kappa shape index (κ2) is 10.6. The molecule has 0 saturated heterocycles. The zero-order chi connectivity index (χ0) is 28.6. The van der Waals surface area contributed by atoms with Gasteiger partial charge in [-0.1, -0.05) is 39.7 Å². The van der Waals surface area contributed by atoms with E-state index in [2.05, 4.69) is 21.0 Å². The van der Waals surface area contributed by atoms with Gasteiger partial charge in [-0.3, -0.25) is 25.0 Å². The highest BCUT2D eigenvalue weighted by Gasteiger charge is 2.40. The number of hydrogen-bond acceptors (Lipinski definition) is 7. The summed E-state index contributed by atoms with van der Waals surface area (Å²) in [5, 5.41) is 29.1. The third-order valence-corrected chi connectivity index (χ3v) is 6.49. The van der Waals surface area contributed by atoms with E-state index >= 15 is 0 Å². The summed E-state index contributed by atoms with van der Waals surface area (Å²) in [5.41, 5.74) is -2.73. The molecule has 15 heteroatoms. The zero-order valence-corrected chi connectivity index (χ0v) is 22.0. The molecule has 0 N–H and O–H groups in total. The summed E-state index contributed by atoms with van der Waals surface area (Å²) in [6.45, 7) is 1.26. The molecule has 10 nitrogen and oxygen atoms in total. The van der Waals surface area contributed by atoms with Crippen molar-refractivity contribution >= 4 is 50.5 Å². The van der Waals surface area contributed by atoms with Gasteiger partial charge in [0, 0.05) is 40.5 Å². The molecule has 4 rings (SSSR count). The predicted octanol–water partition coefficient (Wildman–Crippen LogP) is 7.43. The molecule has 1 aliphatic heterocycles. The van der Waals surface area contributed by atoms with Crippen LogP contribution < -0.4 is 4.74 Å². The van der Waals surface area contributed by atoms with Crippen molar-refractivity contribution in [2.24, 2.45) is 5.10 Å². The van der Waals surface area contributed by atoms with Crippen LogP contribution in [0.3, 0.4) is 0 Å². The molecule has 0 saturated carbocycles. The summed E-state index contributed by atoms with van der Waals surface area (Å²) in [6.07, 6.45) is -4.94. The van der Waals surface area contributed by atoms with E-state index in [9.17, 15) is 38.2 Å². The third-order valence-electron chi connectivity index (χ3n) is 5.72. The molecule has 202 valence electrons. The van der Waals surface area contributed by atoms with Crippen molar-refractivity contribution in [3.05, 3.63) is 101 Å². The molecule has 3 aromatic rings. The maximum Gasteiger partial charge on any atom is 0.416 e. The first-order valence-electron chi connectivity index (χ1n) is 10.9. The Morgan fingerprint density at radius 2 is 1.67 bits per heavy atom. The number of carbonyl (C=O) groups is 1. The van der Waals surface area contributed by atoms with Gasteiger partial charge in [-0.2, -0.15) is 18.3 Å². The number of alkyl halides is 3. The summed E-state index contributed by atoms with van der Waals surface area (Å²) >= 11 is 9.53. The van der Waals surface area contributed by atoms with Gasteiger partial charge in [0.2, 0.25) is 5.91 Å². The topological polar surface area (TPSA) is 128 Å². The Balaban J connectivity index is 1.83. The number of rotatable bonds is 6. The van der Waals surface area contributed by atoms with E-state index in [1.54, 1.807) is 24.3 Å². The third kappa shape index (κ3) is 5.86. The van der Waals surface area contributed by atoms with Crippen molar-refractivity contribution in [3.8, 4) is 11.5 Å². The Labute approximate surface area is 231 Å². The van der Waals surface area contributed by atoms with Crippen LogP contribution in [0.25, 0.3) is 0 Å². The Morgan fingerprint density at radius 1 is 1.08 bits per heavy atom. The largest absolute Gasteiger partial charge is 0.444 e. The molecular formula is C24H15BrClF3N4O6. The zero-order valence-electron chi connectivity index (χ0n) is 19.6. The van der Waals surface area contributed by atoms with Crippen LogP contribution in [-0.2, 0) is 11.0 Å². The molecule has 1 unspecified atom stereocenters. The number of ether oxygens (including phenoxy) is 1. The van der Waals surface area contributed by atoms with Gasteiger partial charge >= 0.3 is 17.6 Å². The van der Waals surface area contributed by atoms with E-state index < -0.39 is 50.7 Å². The number of halogens is 5. The minimum absolute atomic E-state index is 0.148. The minimum Gasteiger partial charge on any atom is -0.444 e. The molecule has 0 radical (unpaired) electrons. The average molecular weight is 628 g/mol. The highest BCUT2D eigenvalue weighted by molar-refractivity contribution is 9.10. The van der Waals surface area contributed by atoms with Crippen LogP contribution in [0.5, 0.6) is 11.5 Å². The van der Waals surface area contributed by atoms with Gasteiger partial charge in [0.15, 0.2) is 0 Å². The fraction of sp³-hybridized carbons (Fsp3) is 0.167. The van der Waals surface area contributed by atoms with Crippen LogP contribution in [0.15, 0.2) is 64.2 Å². The second-order valence-electron chi connectivity index (χ2n) is 8.28. The maximum absolute atomic E-state index is 13.3. The molecule has 0 fully saturated rings. The Morgan fingerprint density at radius 3 is 2.18 bits per heavy atom. The van der Waals surface area contributed by atoms with Gasteiger partial charge in [-0.15, -0.1) is 0 Å². The molecular weight excluding hydrogens is 613 g/mol. The van der Waals surface area contributed by atoms with Gasteiger partial charge in [0.05, 0.1) is 27.2 Å². The molecule has 1 heterocycles. The van der Waals surface area contributed by atoms with E-state index in [0.717, 1.165) is 9.48 Å². The summed E-state index contributed by atoms with van der Waals surface area (Å²) in [7, 11) is 0. The lowest BCUT2D eigenvalue weighted by Crippen LogP contribution is -2.24. The SMILES string of the molecule is CC(=O)N1N=C(c2ccc(Br)cc2)CC1c1cc(Cl)ccc1Oc1c([N+](=O)[O-])cc(C(F)(F)F)cc1[N+](=O)[O-]. The van der Waals surface area contributed by atoms with E-state index in [0.29, 0.717) is 11.3 Å². The summed E-state index contributed by atoms with van der Waals surface area (Å²) in [6, 6.07) is 10.5. The van der Waals surface area contributed by atoms with E-state index in [1.807, 2.05) is 0 Å². The number of nitrogens with zero attached hydrogens (tertiary/aromatic N) is 4. The number of nitro groups is 2. The van der Waals surface area contributed by atoms with Crippen molar-refractivity contribution < 1.29 is 32.5 Å². The molecule has 3 aromatic carbocycles. The van der Waals surface area contributed by atoms with Crippen molar-refractivity contribution in [2.75, 3.05) is 0 Å². The van der Waals surface area contributed by atoms with E-state index in [-0.39, 0.29) is 34.9 Å². The number of hydrogen-bond donors (Lipinski definition) is 0. The highest BCUT2D eigenvalue weighted by atomic mass is 79.9. The standard InChI is InChI=1S/C24H15BrClF3N4O6/c1-12(34)31-19(11-18(30-31)13-2-4-15(25)5-3-13)17-10-16(26)6-7-22(17)39-23-20(32(35)36)8-14(24(27,28)29)9-21(23)33(37)38/h2-10,19H,11H2,1H3. The molecule has 0 bridgehead atoms. The molecule has 1 aliphatic rings. The van der Waals surface area contributed by atoms with Crippen LogP contribution >= 0.6 is 27.5 Å². The number of hydrazone groups is 1. The first-order valence-corrected chi connectivity index (χ1v) is 12.1. The molecule has 0 spiro atoms. The molecule has 0 aromatic heterocycles. The van der Waals surface area contributed by atoms with E-state index in [1.165, 1.54) is 25.1 Å². The minimum atomic E-state index is -5.09. The second-order valence-corrected chi connectivity index (χ2v) is 9.63. The van der Waals surface area contributed by atoms with Crippen LogP contribution in [0.4, 0.5) is 24.5 Å². The lowest BCUT2D eigenvalue weighted by atomic mass is 9.97. The van der Waals surface area contributed by atoms with Gasteiger partial charge in [0.25, 0.3) is 5.75 Å². The van der Waals surface area contributed by atoms with E-state index in [4.69, 9.17) is 16.3 Å². The number of nitro benzene ring substituents is 2. The normalized spacial score (nSPS) is 15.2. The van der Waals surface area contributed by atoms with Crippen molar-refractivity contribution in [1.29, 1.82) is 0 Å². The van der Waals surface area contributed by atoms with Crippen molar-refractivity contribution in [3.63, 3.8) is 0 Å². The lowest BCUT2D eigenvalue weighted by molar-refractivity contribution is -0.396. The fourth-order valence-corrected chi connectivity index (χ4v) is 4.43. The Hall–Kier alpha value is -4.04. The molecule has 39 heavy (non-hydrogen) atoms. The Kier molecular flexibility index (Phi) is 7.61. The lowest BCUT2D eigenvalue weighted by Gasteiger charge is -2.23. The van der Waals surface area contributed by atoms with Gasteiger partial charge in [-0.05, 0) is 35.9 Å². The van der Waals surface area contributed by atoms with Crippen LogP contribution in [0.2, 0.25) is 5.02 Å². The molecule has 0 aliphatic carbocycles. The first-order chi connectivity index (χ1) is 18.3. The van der Waals surface area contributed by atoms with Gasteiger partial charge in [0.1, 0.15) is 5.75 Å². The molecule has 1 amide bonds. The van der Waals surface area contributed by atoms with Crippen molar-refractivity contribution in [1.82, 2.24) is 5.01 Å². The van der Waals surface area contributed by atoms with Crippen LogP contribution in [0, 0.1) is 20.2 Å². The van der Waals surface area contributed by atoms with Gasteiger partial charge < -0.3 is 4.74 Å². The highest BCUT2D eigenvalue weighted by Crippen LogP contribution is 2.47. The van der Waals surface area contributed by atoms with Crippen LogP contribution in [-0.4, -0.2) is 26.5 Å². The number of benzene rings is 3. The Bertz CT molecular complexity index is 1500. The first kappa shape index (κ1) is 28.0. The summed E-state index contributed by atoms with van der Waals surface area (Å²) in [5.74, 6) is -1.68. The quantitative estimate of drug-likeness (QED) is 0.207.